The van der Waals surface area contributed by atoms with Gasteiger partial charge in [0.15, 0.2) is 0 Å². The van der Waals surface area contributed by atoms with Crippen molar-refractivity contribution in [3.05, 3.63) is 57.9 Å². The van der Waals surface area contributed by atoms with Gasteiger partial charge in [-0.25, -0.2) is 4.39 Å². The molecule has 1 nitrogen and oxygen atoms in total. The fraction of sp³-hybridized carbons (Fsp3) is 0.333. The van der Waals surface area contributed by atoms with Gasteiger partial charge in [0.25, 0.3) is 0 Å². The molecule has 0 aromatic heterocycles. The van der Waals surface area contributed by atoms with E-state index in [9.17, 15) is 4.39 Å². The fourth-order valence-corrected chi connectivity index (χ4v) is 2.74. The lowest BCUT2D eigenvalue weighted by molar-refractivity contribution is 0.623. The third-order valence-electron chi connectivity index (χ3n) is 4.08. The van der Waals surface area contributed by atoms with Crippen LogP contribution in [0.4, 0.5) is 4.39 Å². The van der Waals surface area contributed by atoms with Gasteiger partial charge in [-0.3, -0.25) is 0 Å². The molecule has 0 spiro atoms. The van der Waals surface area contributed by atoms with E-state index in [2.05, 4.69) is 5.32 Å². The summed E-state index contributed by atoms with van der Waals surface area (Å²) in [6.45, 7) is 4.75. The van der Waals surface area contributed by atoms with E-state index in [1.165, 1.54) is 12.8 Å². The number of nitrogens with one attached hydrogen (secondary N) is 1. The first kappa shape index (κ1) is 14.6. The minimum atomic E-state index is -0.213. The number of rotatable bonds is 4. The molecular formula is C18H19ClFN. The van der Waals surface area contributed by atoms with Crippen molar-refractivity contribution in [1.82, 2.24) is 5.32 Å². The van der Waals surface area contributed by atoms with Gasteiger partial charge in [-0.1, -0.05) is 23.7 Å². The van der Waals surface area contributed by atoms with Gasteiger partial charge >= 0.3 is 0 Å². The highest BCUT2D eigenvalue weighted by atomic mass is 35.5. The molecule has 0 aliphatic heterocycles. The topological polar surface area (TPSA) is 12.0 Å². The molecule has 2 aromatic carbocycles. The highest BCUT2D eigenvalue weighted by Crippen LogP contribution is 2.32. The van der Waals surface area contributed by atoms with Crippen molar-refractivity contribution in [2.75, 3.05) is 0 Å². The quantitative estimate of drug-likeness (QED) is 0.836. The molecule has 0 heterocycles. The molecule has 21 heavy (non-hydrogen) atoms. The molecule has 1 N–H and O–H groups in total. The largest absolute Gasteiger partial charge is 0.310 e. The van der Waals surface area contributed by atoms with Crippen LogP contribution in [0.2, 0.25) is 5.02 Å². The van der Waals surface area contributed by atoms with E-state index in [-0.39, 0.29) is 5.82 Å². The molecule has 3 rings (SSSR count). The summed E-state index contributed by atoms with van der Waals surface area (Å²) in [5.41, 5.74) is 4.54. The Balaban J connectivity index is 1.89. The van der Waals surface area contributed by atoms with Crippen molar-refractivity contribution in [2.45, 2.75) is 39.3 Å². The van der Waals surface area contributed by atoms with Crippen LogP contribution < -0.4 is 5.32 Å². The van der Waals surface area contributed by atoms with Crippen LogP contribution in [0.1, 0.15) is 29.5 Å². The zero-order chi connectivity index (χ0) is 15.0. The molecule has 0 amide bonds. The van der Waals surface area contributed by atoms with Gasteiger partial charge in [-0.2, -0.15) is 0 Å². The van der Waals surface area contributed by atoms with Crippen LogP contribution in [-0.4, -0.2) is 6.04 Å². The summed E-state index contributed by atoms with van der Waals surface area (Å²) in [7, 11) is 0. The number of benzene rings is 2. The molecule has 0 saturated heterocycles. The Morgan fingerprint density at radius 2 is 1.81 bits per heavy atom. The van der Waals surface area contributed by atoms with Gasteiger partial charge in [0.1, 0.15) is 5.82 Å². The number of hydrogen-bond donors (Lipinski definition) is 1. The van der Waals surface area contributed by atoms with Crippen LogP contribution >= 0.6 is 11.6 Å². The molecule has 110 valence electrons. The molecule has 0 unspecified atom stereocenters. The van der Waals surface area contributed by atoms with E-state index >= 15 is 0 Å². The van der Waals surface area contributed by atoms with Gasteiger partial charge in [0, 0.05) is 28.7 Å². The Morgan fingerprint density at radius 1 is 1.10 bits per heavy atom. The standard InChI is InChI=1S/C18H19ClFN/c1-11-7-16(17(19)8-12(11)2)15-6-3-13(9-18(15)20)10-21-14-4-5-14/h3,6-9,14,21H,4-5,10H2,1-2H3. The Kier molecular flexibility index (Phi) is 4.01. The minimum Gasteiger partial charge on any atom is -0.310 e. The zero-order valence-electron chi connectivity index (χ0n) is 12.3. The minimum absolute atomic E-state index is 0.213. The maximum absolute atomic E-state index is 14.4. The van der Waals surface area contributed by atoms with Gasteiger partial charge in [-0.15, -0.1) is 0 Å². The normalized spacial score (nSPS) is 14.5. The maximum Gasteiger partial charge on any atom is 0.131 e. The molecular weight excluding hydrogens is 285 g/mol. The summed E-state index contributed by atoms with van der Waals surface area (Å²) >= 11 is 6.28. The monoisotopic (exact) mass is 303 g/mol. The molecule has 0 radical (unpaired) electrons. The summed E-state index contributed by atoms with van der Waals surface area (Å²) < 4.78 is 14.4. The van der Waals surface area contributed by atoms with Gasteiger partial charge in [0.2, 0.25) is 0 Å². The lowest BCUT2D eigenvalue weighted by atomic mass is 9.99. The van der Waals surface area contributed by atoms with Crippen molar-refractivity contribution in [1.29, 1.82) is 0 Å². The zero-order valence-corrected chi connectivity index (χ0v) is 13.1. The number of hydrogen-bond acceptors (Lipinski definition) is 1. The van der Waals surface area contributed by atoms with Crippen molar-refractivity contribution in [3.63, 3.8) is 0 Å². The molecule has 0 bridgehead atoms. The van der Waals surface area contributed by atoms with Crippen molar-refractivity contribution >= 4 is 11.6 Å². The second kappa shape index (κ2) is 5.78. The maximum atomic E-state index is 14.4. The number of aryl methyl sites for hydroxylation is 2. The van der Waals surface area contributed by atoms with Gasteiger partial charge in [0.05, 0.1) is 0 Å². The summed E-state index contributed by atoms with van der Waals surface area (Å²) in [4.78, 5) is 0. The average molecular weight is 304 g/mol. The summed E-state index contributed by atoms with van der Waals surface area (Å²) in [6.07, 6.45) is 2.47. The molecule has 3 heteroatoms. The van der Waals surface area contributed by atoms with Crippen LogP contribution in [0.15, 0.2) is 30.3 Å². The van der Waals surface area contributed by atoms with E-state index < -0.39 is 0 Å². The summed E-state index contributed by atoms with van der Waals surface area (Å²) in [6, 6.07) is 9.89. The summed E-state index contributed by atoms with van der Waals surface area (Å²) in [5, 5.41) is 3.99. The van der Waals surface area contributed by atoms with Crippen molar-refractivity contribution in [3.8, 4) is 11.1 Å². The smallest absolute Gasteiger partial charge is 0.131 e. The van der Waals surface area contributed by atoms with E-state index in [0.29, 0.717) is 16.6 Å². The molecule has 1 saturated carbocycles. The Bertz CT molecular complexity index is 677. The third-order valence-corrected chi connectivity index (χ3v) is 4.39. The molecule has 0 atom stereocenters. The summed E-state index contributed by atoms with van der Waals surface area (Å²) in [5.74, 6) is -0.213. The Morgan fingerprint density at radius 3 is 2.48 bits per heavy atom. The van der Waals surface area contributed by atoms with E-state index in [1.54, 1.807) is 6.07 Å². The first-order valence-corrected chi connectivity index (χ1v) is 7.71. The molecule has 2 aromatic rings. The van der Waals surface area contributed by atoms with Gasteiger partial charge in [-0.05, 0) is 61.6 Å². The van der Waals surface area contributed by atoms with Crippen LogP contribution in [0.3, 0.4) is 0 Å². The predicted octanol–water partition coefficient (Wildman–Crippen LogP) is 5.01. The first-order valence-electron chi connectivity index (χ1n) is 7.33. The first-order chi connectivity index (χ1) is 10.0. The second-order valence-corrected chi connectivity index (χ2v) is 6.29. The lowest BCUT2D eigenvalue weighted by Gasteiger charge is -2.11. The molecule has 1 aliphatic rings. The van der Waals surface area contributed by atoms with Crippen LogP contribution in [0, 0.1) is 19.7 Å². The van der Waals surface area contributed by atoms with E-state index in [1.807, 2.05) is 38.1 Å². The highest BCUT2D eigenvalue weighted by Gasteiger charge is 2.20. The van der Waals surface area contributed by atoms with Crippen LogP contribution in [-0.2, 0) is 6.54 Å². The fourth-order valence-electron chi connectivity index (χ4n) is 2.42. The second-order valence-electron chi connectivity index (χ2n) is 5.89. The van der Waals surface area contributed by atoms with Crippen LogP contribution in [0.5, 0.6) is 0 Å². The molecule has 1 aliphatic carbocycles. The molecule has 1 fully saturated rings. The van der Waals surface area contributed by atoms with Crippen molar-refractivity contribution in [2.24, 2.45) is 0 Å². The Labute approximate surface area is 130 Å². The SMILES string of the molecule is Cc1cc(Cl)c(-c2ccc(CNC3CC3)cc2F)cc1C. The van der Waals surface area contributed by atoms with E-state index in [4.69, 9.17) is 11.6 Å². The average Bonchev–Trinajstić information content (AvgIpc) is 3.25. The third kappa shape index (κ3) is 3.28. The predicted molar refractivity (Wildman–Crippen MR) is 86.2 cm³/mol. The van der Waals surface area contributed by atoms with Crippen molar-refractivity contribution < 1.29 is 4.39 Å². The van der Waals surface area contributed by atoms with E-state index in [0.717, 1.165) is 28.8 Å². The number of halogens is 2. The van der Waals surface area contributed by atoms with Crippen LogP contribution in [0.25, 0.3) is 11.1 Å². The highest BCUT2D eigenvalue weighted by molar-refractivity contribution is 6.33. The van der Waals surface area contributed by atoms with Gasteiger partial charge < -0.3 is 5.32 Å². The lowest BCUT2D eigenvalue weighted by Crippen LogP contribution is -2.15. The Hall–Kier alpha value is -1.38.